The number of nitrogens with zero attached hydrogens (tertiary/aromatic N) is 2. The van der Waals surface area contributed by atoms with E-state index in [-0.39, 0.29) is 5.82 Å². The Bertz CT molecular complexity index is 751. The van der Waals surface area contributed by atoms with Crippen molar-refractivity contribution in [1.29, 1.82) is 0 Å². The Kier molecular flexibility index (Phi) is 5.16. The second-order valence-electron chi connectivity index (χ2n) is 5.69. The summed E-state index contributed by atoms with van der Waals surface area (Å²) in [5, 5.41) is 0.735. The molecule has 24 heavy (non-hydrogen) atoms. The minimum atomic E-state index is -0.279. The predicted molar refractivity (Wildman–Crippen MR) is 95.1 cm³/mol. The number of amidine groups is 1. The highest BCUT2D eigenvalue weighted by Crippen LogP contribution is 2.18. The molecule has 3 rings (SSSR count). The molecule has 1 aliphatic heterocycles. The molecule has 0 aromatic heterocycles. The first-order valence-corrected chi connectivity index (χ1v) is 8.09. The van der Waals surface area contributed by atoms with Gasteiger partial charge in [0.05, 0.1) is 0 Å². The lowest BCUT2D eigenvalue weighted by Gasteiger charge is -2.27. The lowest BCUT2D eigenvalue weighted by atomic mass is 10.1. The molecule has 0 aliphatic carbocycles. The average molecular weight is 345 g/mol. The number of benzene rings is 2. The number of aryl methyl sites for hydroxylation is 1. The fourth-order valence-electron chi connectivity index (χ4n) is 2.59. The van der Waals surface area contributed by atoms with Gasteiger partial charge in [-0.3, -0.25) is 0 Å². The molecule has 0 saturated heterocycles. The first-order chi connectivity index (χ1) is 11.6. The lowest BCUT2D eigenvalue weighted by molar-refractivity contribution is 0.338. The Labute approximate surface area is 146 Å². The summed E-state index contributed by atoms with van der Waals surface area (Å²) in [4.78, 5) is 6.55. The molecule has 2 aromatic carbocycles. The quantitative estimate of drug-likeness (QED) is 0.792. The molecule has 0 saturated carbocycles. The summed E-state index contributed by atoms with van der Waals surface area (Å²) >= 11 is 6.14. The van der Waals surface area contributed by atoms with Crippen molar-refractivity contribution >= 4 is 17.4 Å². The second-order valence-corrected chi connectivity index (χ2v) is 6.13. The van der Waals surface area contributed by atoms with Crippen LogP contribution in [0.15, 0.2) is 59.7 Å². The van der Waals surface area contributed by atoms with Crippen molar-refractivity contribution in [2.45, 2.75) is 13.5 Å². The summed E-state index contributed by atoms with van der Waals surface area (Å²) in [5.74, 6) is 1.17. The first kappa shape index (κ1) is 16.5. The molecule has 124 valence electrons. The van der Waals surface area contributed by atoms with E-state index in [1.807, 2.05) is 25.1 Å². The molecule has 0 fully saturated rings. The molecule has 5 heteroatoms. The average Bonchev–Trinajstić information content (AvgIpc) is 2.54. The highest BCUT2D eigenvalue weighted by molar-refractivity contribution is 6.30. The molecule has 1 heterocycles. The van der Waals surface area contributed by atoms with Crippen LogP contribution in [-0.2, 0) is 6.54 Å². The van der Waals surface area contributed by atoms with Crippen LogP contribution in [0.1, 0.15) is 11.1 Å². The smallest absolute Gasteiger partial charge is 0.146 e. The number of aliphatic imine (C=N–C) groups is 1. The number of halogens is 2. The van der Waals surface area contributed by atoms with E-state index in [4.69, 9.17) is 16.3 Å². The highest BCUT2D eigenvalue weighted by atomic mass is 35.5. The van der Waals surface area contributed by atoms with Gasteiger partial charge in [-0.25, -0.2) is 9.38 Å². The molecule has 0 atom stereocenters. The largest absolute Gasteiger partial charge is 0.486 e. The number of hydrogen-bond acceptors (Lipinski definition) is 3. The normalized spacial score (nSPS) is 13.8. The Morgan fingerprint density at radius 2 is 2.00 bits per heavy atom. The van der Waals surface area contributed by atoms with Crippen LogP contribution in [0.5, 0.6) is 5.75 Å². The highest BCUT2D eigenvalue weighted by Gasteiger charge is 2.14. The minimum Gasteiger partial charge on any atom is -0.486 e. The Morgan fingerprint density at radius 3 is 2.75 bits per heavy atom. The summed E-state index contributed by atoms with van der Waals surface area (Å²) in [7, 11) is 0. The summed E-state index contributed by atoms with van der Waals surface area (Å²) in [6, 6.07) is 12.0. The summed E-state index contributed by atoms with van der Waals surface area (Å²) in [5.41, 5.74) is 2.26. The third-order valence-electron chi connectivity index (χ3n) is 3.68. The van der Waals surface area contributed by atoms with Gasteiger partial charge in [-0.15, -0.1) is 0 Å². The van der Waals surface area contributed by atoms with Gasteiger partial charge in [0.25, 0.3) is 0 Å². The predicted octanol–water partition coefficient (Wildman–Crippen LogP) is 4.59. The first-order valence-electron chi connectivity index (χ1n) is 7.71. The van der Waals surface area contributed by atoms with Crippen molar-refractivity contribution in [1.82, 2.24) is 4.90 Å². The molecular weight excluding hydrogens is 327 g/mol. The van der Waals surface area contributed by atoms with Crippen LogP contribution >= 0.6 is 11.6 Å². The van der Waals surface area contributed by atoms with Gasteiger partial charge in [-0.1, -0.05) is 17.7 Å². The van der Waals surface area contributed by atoms with E-state index >= 15 is 0 Å². The molecule has 1 aliphatic rings. The third kappa shape index (κ3) is 4.36. The zero-order chi connectivity index (χ0) is 16.9. The van der Waals surface area contributed by atoms with Gasteiger partial charge in [0, 0.05) is 24.3 Å². The van der Waals surface area contributed by atoms with Gasteiger partial charge >= 0.3 is 0 Å². The zero-order valence-corrected chi connectivity index (χ0v) is 14.1. The van der Waals surface area contributed by atoms with Gasteiger partial charge in [0.1, 0.15) is 24.0 Å². The van der Waals surface area contributed by atoms with Crippen molar-refractivity contribution < 1.29 is 9.13 Å². The monoisotopic (exact) mass is 344 g/mol. The molecule has 0 spiro atoms. The maximum absolute atomic E-state index is 12.9. The molecule has 0 bridgehead atoms. The number of ether oxygens (including phenoxy) is 1. The van der Waals surface area contributed by atoms with Gasteiger partial charge in [0.15, 0.2) is 0 Å². The topological polar surface area (TPSA) is 24.8 Å². The van der Waals surface area contributed by atoms with Gasteiger partial charge < -0.3 is 9.64 Å². The molecule has 0 radical (unpaired) electrons. The molecule has 3 nitrogen and oxygen atoms in total. The zero-order valence-electron chi connectivity index (χ0n) is 13.4. The van der Waals surface area contributed by atoms with Gasteiger partial charge in [-0.05, 0) is 60.5 Å². The third-order valence-corrected chi connectivity index (χ3v) is 3.89. The van der Waals surface area contributed by atoms with Crippen LogP contribution < -0.4 is 4.74 Å². The fourth-order valence-corrected chi connectivity index (χ4v) is 2.90. The van der Waals surface area contributed by atoms with E-state index in [9.17, 15) is 4.39 Å². The maximum atomic E-state index is 12.9. The van der Waals surface area contributed by atoms with Crippen LogP contribution in [0.2, 0.25) is 5.02 Å². The van der Waals surface area contributed by atoms with Crippen LogP contribution in [-0.4, -0.2) is 23.9 Å². The van der Waals surface area contributed by atoms with Crippen molar-refractivity contribution in [3.05, 3.63) is 76.7 Å². The van der Waals surface area contributed by atoms with E-state index in [0.717, 1.165) is 28.5 Å². The standard InChI is InChI=1S/C19H18ClFN2O/c1-14-9-15(11-16(20)10-14)12-23-8-2-7-22-19(23)13-24-18-5-3-17(21)4-6-18/h2-7,9-11H,8,12-13H2,1H3. The van der Waals surface area contributed by atoms with Crippen molar-refractivity contribution in [2.75, 3.05) is 13.2 Å². The molecule has 0 N–H and O–H groups in total. The molecule has 0 amide bonds. The molecule has 2 aromatic rings. The summed E-state index contributed by atoms with van der Waals surface area (Å²) < 4.78 is 18.7. The Morgan fingerprint density at radius 1 is 1.21 bits per heavy atom. The van der Waals surface area contributed by atoms with Crippen molar-refractivity contribution in [2.24, 2.45) is 4.99 Å². The maximum Gasteiger partial charge on any atom is 0.146 e. The molecule has 0 unspecified atom stereocenters. The summed E-state index contributed by atoms with van der Waals surface area (Å²) in [6.07, 6.45) is 3.78. The van der Waals surface area contributed by atoms with Crippen LogP contribution in [0.4, 0.5) is 4.39 Å². The fraction of sp³-hybridized carbons (Fsp3) is 0.211. The van der Waals surface area contributed by atoms with E-state index in [0.29, 0.717) is 18.9 Å². The van der Waals surface area contributed by atoms with Gasteiger partial charge in [-0.2, -0.15) is 0 Å². The Hall–Kier alpha value is -2.33. The van der Waals surface area contributed by atoms with E-state index < -0.39 is 0 Å². The number of rotatable bonds is 5. The minimum absolute atomic E-state index is 0.279. The molecular formula is C19H18ClFN2O. The SMILES string of the molecule is Cc1cc(Cl)cc(CN2CC=CN=C2COc2ccc(F)cc2)c1. The van der Waals surface area contributed by atoms with Gasteiger partial charge in [0.2, 0.25) is 0 Å². The van der Waals surface area contributed by atoms with Crippen molar-refractivity contribution in [3.8, 4) is 5.75 Å². The van der Waals surface area contributed by atoms with E-state index in [1.165, 1.54) is 12.1 Å². The summed E-state index contributed by atoms with van der Waals surface area (Å²) in [6.45, 7) is 3.82. The van der Waals surface area contributed by atoms with Crippen LogP contribution in [0.25, 0.3) is 0 Å². The number of hydrogen-bond donors (Lipinski definition) is 0. The van der Waals surface area contributed by atoms with E-state index in [2.05, 4.69) is 16.0 Å². The van der Waals surface area contributed by atoms with Crippen LogP contribution in [0.3, 0.4) is 0 Å². The van der Waals surface area contributed by atoms with Crippen molar-refractivity contribution in [3.63, 3.8) is 0 Å². The lowest BCUT2D eigenvalue weighted by Crippen LogP contribution is -2.36. The van der Waals surface area contributed by atoms with Crippen LogP contribution in [0, 0.1) is 12.7 Å². The second kappa shape index (κ2) is 7.49. The van der Waals surface area contributed by atoms with E-state index in [1.54, 1.807) is 18.3 Å². The Balaban J connectivity index is 1.67.